The molecule has 2 aromatic carbocycles. The van der Waals surface area contributed by atoms with Crippen LogP contribution in [0.2, 0.25) is 5.02 Å². The Bertz CT molecular complexity index is 941. The quantitative estimate of drug-likeness (QED) is 0.551. The topological polar surface area (TPSA) is 73.2 Å². The first-order chi connectivity index (χ1) is 13.0. The second kappa shape index (κ2) is 9.03. The van der Waals surface area contributed by atoms with E-state index in [1.165, 1.54) is 12.1 Å². The summed E-state index contributed by atoms with van der Waals surface area (Å²) >= 11 is 5.78. The molecule has 0 atom stereocenters. The molecule has 8 heteroatoms. The van der Waals surface area contributed by atoms with Gasteiger partial charge in [-0.05, 0) is 61.4 Å². The van der Waals surface area contributed by atoms with Crippen LogP contribution in [0.4, 0.5) is 0 Å². The number of benzene rings is 2. The Morgan fingerprint density at radius 3 is 2.44 bits per heavy atom. The first-order valence-electron chi connectivity index (χ1n) is 8.51. The minimum absolute atomic E-state index is 0.209. The molecule has 0 spiro atoms. The molecule has 3 aromatic rings. The van der Waals surface area contributed by atoms with Crippen molar-refractivity contribution in [1.82, 2.24) is 14.3 Å². The van der Waals surface area contributed by atoms with Crippen molar-refractivity contribution in [3.05, 3.63) is 72.3 Å². The third kappa shape index (κ3) is 5.56. The number of rotatable bonds is 9. The molecule has 1 heterocycles. The molecule has 0 unspecified atom stereocenters. The maximum Gasteiger partial charge on any atom is 0.240 e. The van der Waals surface area contributed by atoms with E-state index in [0.717, 1.165) is 17.9 Å². The Labute approximate surface area is 163 Å². The normalized spacial score (nSPS) is 11.4. The molecule has 27 heavy (non-hydrogen) atoms. The Morgan fingerprint density at radius 1 is 1.04 bits per heavy atom. The summed E-state index contributed by atoms with van der Waals surface area (Å²) in [6, 6.07) is 13.8. The second-order valence-electron chi connectivity index (χ2n) is 5.87. The summed E-state index contributed by atoms with van der Waals surface area (Å²) in [6.07, 6.45) is 6.76. The van der Waals surface area contributed by atoms with Gasteiger partial charge in [0.15, 0.2) is 0 Å². The largest absolute Gasteiger partial charge is 0.494 e. The van der Waals surface area contributed by atoms with Crippen molar-refractivity contribution < 1.29 is 13.2 Å². The van der Waals surface area contributed by atoms with Gasteiger partial charge >= 0.3 is 0 Å². The maximum atomic E-state index is 12.1. The van der Waals surface area contributed by atoms with E-state index in [0.29, 0.717) is 24.6 Å². The van der Waals surface area contributed by atoms with E-state index in [1.807, 2.05) is 35.0 Å². The Hall–Kier alpha value is -2.35. The second-order valence-corrected chi connectivity index (χ2v) is 8.07. The van der Waals surface area contributed by atoms with Gasteiger partial charge < -0.3 is 9.30 Å². The molecule has 0 aliphatic rings. The van der Waals surface area contributed by atoms with Gasteiger partial charge in [-0.2, -0.15) is 0 Å². The molecule has 1 aromatic heterocycles. The molecular weight excluding hydrogens is 386 g/mol. The fourth-order valence-corrected chi connectivity index (χ4v) is 3.65. The van der Waals surface area contributed by atoms with Crippen LogP contribution in [0.15, 0.2) is 72.1 Å². The molecule has 0 aliphatic heterocycles. The number of nitrogens with one attached hydrogen (secondary N) is 1. The van der Waals surface area contributed by atoms with Gasteiger partial charge in [-0.3, -0.25) is 0 Å². The Balaban J connectivity index is 1.37. The van der Waals surface area contributed by atoms with Crippen LogP contribution >= 0.6 is 11.6 Å². The number of imidazole rings is 1. The van der Waals surface area contributed by atoms with Crippen LogP contribution in [-0.2, 0) is 10.0 Å². The highest BCUT2D eigenvalue weighted by Crippen LogP contribution is 2.16. The number of aromatic nitrogens is 2. The zero-order valence-electron chi connectivity index (χ0n) is 14.6. The number of unbranched alkanes of at least 4 members (excludes halogenated alkanes) is 1. The van der Waals surface area contributed by atoms with Crippen LogP contribution in [-0.4, -0.2) is 31.1 Å². The molecule has 142 valence electrons. The van der Waals surface area contributed by atoms with Gasteiger partial charge in [-0.15, -0.1) is 0 Å². The summed E-state index contributed by atoms with van der Waals surface area (Å²) in [7, 11) is -3.50. The van der Waals surface area contributed by atoms with Crippen molar-refractivity contribution in [2.75, 3.05) is 13.2 Å². The average molecular weight is 406 g/mol. The first kappa shape index (κ1) is 19.4. The van der Waals surface area contributed by atoms with Gasteiger partial charge in [0.25, 0.3) is 0 Å². The molecule has 6 nitrogen and oxygen atoms in total. The van der Waals surface area contributed by atoms with E-state index in [2.05, 4.69) is 9.71 Å². The van der Waals surface area contributed by atoms with Crippen molar-refractivity contribution in [1.29, 1.82) is 0 Å². The smallest absolute Gasteiger partial charge is 0.240 e. The van der Waals surface area contributed by atoms with Crippen LogP contribution in [0.3, 0.4) is 0 Å². The van der Waals surface area contributed by atoms with Gasteiger partial charge in [0.2, 0.25) is 10.0 Å². The lowest BCUT2D eigenvalue weighted by molar-refractivity contribution is 0.307. The van der Waals surface area contributed by atoms with Crippen molar-refractivity contribution in [3.63, 3.8) is 0 Å². The first-order valence-corrected chi connectivity index (χ1v) is 10.4. The summed E-state index contributed by atoms with van der Waals surface area (Å²) in [5.41, 5.74) is 1.01. The van der Waals surface area contributed by atoms with E-state index in [4.69, 9.17) is 16.3 Å². The average Bonchev–Trinajstić information content (AvgIpc) is 3.20. The number of hydrogen-bond acceptors (Lipinski definition) is 4. The van der Waals surface area contributed by atoms with Gasteiger partial charge in [-0.25, -0.2) is 18.1 Å². The number of halogens is 1. The van der Waals surface area contributed by atoms with Crippen molar-refractivity contribution in [2.45, 2.75) is 17.7 Å². The van der Waals surface area contributed by atoms with Gasteiger partial charge in [0, 0.05) is 29.6 Å². The molecule has 1 N–H and O–H groups in total. The predicted molar refractivity (Wildman–Crippen MR) is 105 cm³/mol. The fraction of sp³-hybridized carbons (Fsp3) is 0.211. The molecule has 3 rings (SSSR count). The fourth-order valence-electron chi connectivity index (χ4n) is 2.45. The summed E-state index contributed by atoms with van der Waals surface area (Å²) in [5, 5.41) is 0.504. The van der Waals surface area contributed by atoms with Gasteiger partial charge in [0.1, 0.15) is 5.75 Å². The van der Waals surface area contributed by atoms with E-state index in [-0.39, 0.29) is 4.90 Å². The summed E-state index contributed by atoms with van der Waals surface area (Å²) in [6.45, 7) is 0.876. The summed E-state index contributed by atoms with van der Waals surface area (Å²) in [4.78, 5) is 4.23. The van der Waals surface area contributed by atoms with E-state index >= 15 is 0 Å². The van der Waals surface area contributed by atoms with E-state index < -0.39 is 10.0 Å². The molecule has 0 fully saturated rings. The van der Waals surface area contributed by atoms with Crippen molar-refractivity contribution in [2.24, 2.45) is 0 Å². The van der Waals surface area contributed by atoms with Crippen LogP contribution in [0.1, 0.15) is 12.8 Å². The standard InChI is InChI=1S/C19H20ClN3O3S/c20-16-3-9-19(10-4-16)27(24,25)22-11-1-2-14-26-18-7-5-17(6-8-18)23-13-12-21-15-23/h3-10,12-13,15,22H,1-2,11,14H2. The molecule has 0 saturated heterocycles. The lowest BCUT2D eigenvalue weighted by Crippen LogP contribution is -2.25. The SMILES string of the molecule is O=S(=O)(NCCCCOc1ccc(-n2ccnc2)cc1)c1ccc(Cl)cc1. The minimum atomic E-state index is -3.50. The summed E-state index contributed by atoms with van der Waals surface area (Å²) < 4.78 is 34.5. The Kier molecular flexibility index (Phi) is 6.49. The zero-order valence-corrected chi connectivity index (χ0v) is 16.2. The maximum absolute atomic E-state index is 12.1. The van der Waals surface area contributed by atoms with Gasteiger partial charge in [-0.1, -0.05) is 11.6 Å². The van der Waals surface area contributed by atoms with Crippen molar-refractivity contribution in [3.8, 4) is 11.4 Å². The van der Waals surface area contributed by atoms with Crippen LogP contribution < -0.4 is 9.46 Å². The number of hydrogen-bond donors (Lipinski definition) is 1. The lowest BCUT2D eigenvalue weighted by atomic mass is 10.3. The highest BCUT2D eigenvalue weighted by Gasteiger charge is 2.12. The number of sulfonamides is 1. The number of nitrogens with zero attached hydrogens (tertiary/aromatic N) is 2. The van der Waals surface area contributed by atoms with Crippen LogP contribution in [0.25, 0.3) is 5.69 Å². The number of ether oxygens (including phenoxy) is 1. The highest BCUT2D eigenvalue weighted by molar-refractivity contribution is 7.89. The van der Waals surface area contributed by atoms with Crippen LogP contribution in [0, 0.1) is 0 Å². The molecule has 0 saturated carbocycles. The molecule has 0 amide bonds. The van der Waals surface area contributed by atoms with E-state index in [9.17, 15) is 8.42 Å². The van der Waals surface area contributed by atoms with Crippen molar-refractivity contribution >= 4 is 21.6 Å². The zero-order chi connectivity index (χ0) is 19.1. The summed E-state index contributed by atoms with van der Waals surface area (Å²) in [5.74, 6) is 0.778. The lowest BCUT2D eigenvalue weighted by Gasteiger charge is -2.09. The third-order valence-electron chi connectivity index (χ3n) is 3.90. The molecule has 0 bridgehead atoms. The van der Waals surface area contributed by atoms with E-state index in [1.54, 1.807) is 24.7 Å². The molecule has 0 radical (unpaired) electrons. The minimum Gasteiger partial charge on any atom is -0.494 e. The molecular formula is C19H20ClN3O3S. The molecule has 0 aliphatic carbocycles. The monoisotopic (exact) mass is 405 g/mol. The Morgan fingerprint density at radius 2 is 1.78 bits per heavy atom. The highest BCUT2D eigenvalue weighted by atomic mass is 35.5. The van der Waals surface area contributed by atoms with Crippen LogP contribution in [0.5, 0.6) is 5.75 Å². The predicted octanol–water partition coefficient (Wildman–Crippen LogP) is 3.66. The van der Waals surface area contributed by atoms with Gasteiger partial charge in [0.05, 0.1) is 17.8 Å². The third-order valence-corrected chi connectivity index (χ3v) is 5.62.